The number of benzene rings is 1. The van der Waals surface area contributed by atoms with Gasteiger partial charge in [-0.25, -0.2) is 0 Å². The molecule has 0 saturated carbocycles. The number of hydrogen-bond donors (Lipinski definition) is 1. The lowest BCUT2D eigenvalue weighted by Crippen LogP contribution is -2.62. The molecular weight excluding hydrogens is 196 g/mol. The Hall–Kier alpha value is -1.02. The number of hydrogen-bond acceptors (Lipinski definition) is 2. The second kappa shape index (κ2) is 3.49. The van der Waals surface area contributed by atoms with Crippen LogP contribution in [-0.2, 0) is 6.42 Å². The predicted octanol–water partition coefficient (Wildman–Crippen LogP) is 2.19. The van der Waals surface area contributed by atoms with E-state index >= 15 is 0 Å². The molecule has 2 heteroatoms. The average molecular weight is 216 g/mol. The molecule has 1 aromatic rings. The zero-order valence-corrected chi connectivity index (χ0v) is 10.2. The van der Waals surface area contributed by atoms with Gasteiger partial charge >= 0.3 is 0 Å². The van der Waals surface area contributed by atoms with Crippen LogP contribution in [0.2, 0.25) is 0 Å². The maximum atomic E-state index is 3.65. The van der Waals surface area contributed by atoms with Crippen LogP contribution < -0.4 is 10.2 Å². The number of aryl methyl sites for hydroxylation is 1. The molecule has 3 rings (SSSR count). The molecule has 0 radical (unpaired) electrons. The second-order valence-electron chi connectivity index (χ2n) is 5.71. The molecule has 2 aliphatic heterocycles. The van der Waals surface area contributed by atoms with E-state index in [4.69, 9.17) is 0 Å². The van der Waals surface area contributed by atoms with Gasteiger partial charge in [0.15, 0.2) is 0 Å². The Balaban J connectivity index is 1.97. The Morgan fingerprint density at radius 1 is 1.31 bits per heavy atom. The van der Waals surface area contributed by atoms with Crippen molar-refractivity contribution in [3.05, 3.63) is 29.8 Å². The molecule has 2 nitrogen and oxygen atoms in total. The Kier molecular flexibility index (Phi) is 2.21. The summed E-state index contributed by atoms with van der Waals surface area (Å²) in [6, 6.07) is 9.58. The van der Waals surface area contributed by atoms with Gasteiger partial charge in [0.25, 0.3) is 0 Å². The average Bonchev–Trinajstić information content (AvgIpc) is 2.28. The molecule has 0 bridgehead atoms. The van der Waals surface area contributed by atoms with E-state index < -0.39 is 0 Å². The summed E-state index contributed by atoms with van der Waals surface area (Å²) in [4.78, 5) is 2.61. The maximum Gasteiger partial charge on any atom is 0.0418 e. The summed E-state index contributed by atoms with van der Waals surface area (Å²) < 4.78 is 0. The summed E-state index contributed by atoms with van der Waals surface area (Å²) in [5, 5.41) is 3.65. The molecule has 0 amide bonds. The van der Waals surface area contributed by atoms with Crippen molar-refractivity contribution >= 4 is 5.69 Å². The van der Waals surface area contributed by atoms with E-state index in [1.807, 2.05) is 0 Å². The minimum Gasteiger partial charge on any atom is -0.365 e. The van der Waals surface area contributed by atoms with Gasteiger partial charge in [-0.1, -0.05) is 18.2 Å². The lowest BCUT2D eigenvalue weighted by atomic mass is 9.90. The van der Waals surface area contributed by atoms with E-state index in [0.29, 0.717) is 6.04 Å². The zero-order valence-electron chi connectivity index (χ0n) is 10.2. The van der Waals surface area contributed by atoms with E-state index in [9.17, 15) is 0 Å². The molecule has 2 aliphatic rings. The van der Waals surface area contributed by atoms with Gasteiger partial charge in [-0.05, 0) is 38.3 Å². The number of anilines is 1. The summed E-state index contributed by atoms with van der Waals surface area (Å²) >= 11 is 0. The number of fused-ring (bicyclic) bond motifs is 3. The van der Waals surface area contributed by atoms with Gasteiger partial charge in [-0.2, -0.15) is 0 Å². The third kappa shape index (κ3) is 1.61. The van der Waals surface area contributed by atoms with Crippen LogP contribution >= 0.6 is 0 Å². The minimum absolute atomic E-state index is 0.237. The SMILES string of the molecule is CC1(C)CN2c3ccccc3CCC2CN1. The van der Waals surface area contributed by atoms with Crippen LogP contribution in [0.3, 0.4) is 0 Å². The third-order valence-corrected chi connectivity index (χ3v) is 3.87. The summed E-state index contributed by atoms with van der Waals surface area (Å²) in [5.74, 6) is 0. The van der Waals surface area contributed by atoms with Crippen LogP contribution in [0, 0.1) is 0 Å². The Morgan fingerprint density at radius 2 is 2.12 bits per heavy atom. The van der Waals surface area contributed by atoms with E-state index in [1.54, 1.807) is 0 Å². The van der Waals surface area contributed by atoms with Crippen LogP contribution in [0.15, 0.2) is 24.3 Å². The monoisotopic (exact) mass is 216 g/mol. The molecule has 86 valence electrons. The van der Waals surface area contributed by atoms with E-state index in [1.165, 1.54) is 24.1 Å². The van der Waals surface area contributed by atoms with Crippen molar-refractivity contribution in [2.45, 2.75) is 38.3 Å². The lowest BCUT2D eigenvalue weighted by molar-refractivity contribution is 0.297. The number of piperazine rings is 1. The Labute approximate surface area is 97.6 Å². The maximum absolute atomic E-state index is 3.65. The highest BCUT2D eigenvalue weighted by Crippen LogP contribution is 2.33. The number of nitrogens with one attached hydrogen (secondary N) is 1. The van der Waals surface area contributed by atoms with Crippen LogP contribution in [0.4, 0.5) is 5.69 Å². The van der Waals surface area contributed by atoms with Gasteiger partial charge in [0, 0.05) is 30.4 Å². The van der Waals surface area contributed by atoms with Crippen molar-refractivity contribution in [1.29, 1.82) is 0 Å². The number of para-hydroxylation sites is 1. The van der Waals surface area contributed by atoms with E-state index in [0.717, 1.165) is 13.1 Å². The van der Waals surface area contributed by atoms with Crippen LogP contribution in [0.25, 0.3) is 0 Å². The van der Waals surface area contributed by atoms with Crippen molar-refractivity contribution in [3.63, 3.8) is 0 Å². The first-order valence-electron chi connectivity index (χ1n) is 6.25. The minimum atomic E-state index is 0.237. The molecular formula is C14H20N2. The van der Waals surface area contributed by atoms with E-state index in [-0.39, 0.29) is 5.54 Å². The van der Waals surface area contributed by atoms with Crippen LogP contribution in [0.5, 0.6) is 0 Å². The standard InChI is InChI=1S/C14H20N2/c1-14(2)10-16-12(9-15-14)8-7-11-5-3-4-6-13(11)16/h3-6,12,15H,7-10H2,1-2H3. The highest BCUT2D eigenvalue weighted by molar-refractivity contribution is 5.57. The molecule has 0 aromatic heterocycles. The topological polar surface area (TPSA) is 15.3 Å². The van der Waals surface area contributed by atoms with Gasteiger partial charge in [0.05, 0.1) is 0 Å². The zero-order chi connectivity index (χ0) is 11.2. The highest BCUT2D eigenvalue weighted by Gasteiger charge is 2.35. The third-order valence-electron chi connectivity index (χ3n) is 3.87. The van der Waals surface area contributed by atoms with Gasteiger partial charge in [-0.3, -0.25) is 0 Å². The lowest BCUT2D eigenvalue weighted by Gasteiger charge is -2.48. The van der Waals surface area contributed by atoms with Gasteiger partial charge in [0.1, 0.15) is 0 Å². The fraction of sp³-hybridized carbons (Fsp3) is 0.571. The van der Waals surface area contributed by atoms with Crippen LogP contribution in [0.1, 0.15) is 25.8 Å². The molecule has 0 spiro atoms. The Bertz CT molecular complexity index is 397. The summed E-state index contributed by atoms with van der Waals surface area (Å²) in [7, 11) is 0. The second-order valence-corrected chi connectivity index (χ2v) is 5.71. The number of nitrogens with zero attached hydrogens (tertiary/aromatic N) is 1. The molecule has 16 heavy (non-hydrogen) atoms. The highest BCUT2D eigenvalue weighted by atomic mass is 15.3. The molecule has 1 aromatic carbocycles. The normalized spacial score (nSPS) is 27.1. The van der Waals surface area contributed by atoms with Crippen molar-refractivity contribution in [3.8, 4) is 0 Å². The Morgan fingerprint density at radius 3 is 3.00 bits per heavy atom. The molecule has 2 heterocycles. The van der Waals surface area contributed by atoms with Gasteiger partial charge in [-0.15, -0.1) is 0 Å². The smallest absolute Gasteiger partial charge is 0.0418 e. The molecule has 1 N–H and O–H groups in total. The fourth-order valence-electron chi connectivity index (χ4n) is 2.98. The van der Waals surface area contributed by atoms with Gasteiger partial charge in [0.2, 0.25) is 0 Å². The van der Waals surface area contributed by atoms with Crippen molar-refractivity contribution in [2.75, 3.05) is 18.0 Å². The largest absolute Gasteiger partial charge is 0.365 e. The fourth-order valence-corrected chi connectivity index (χ4v) is 2.98. The summed E-state index contributed by atoms with van der Waals surface area (Å²) in [6.45, 7) is 6.83. The quantitative estimate of drug-likeness (QED) is 0.715. The van der Waals surface area contributed by atoms with Crippen molar-refractivity contribution in [2.24, 2.45) is 0 Å². The molecule has 1 unspecified atom stereocenters. The first-order valence-corrected chi connectivity index (χ1v) is 6.25. The van der Waals surface area contributed by atoms with E-state index in [2.05, 4.69) is 48.3 Å². The summed E-state index contributed by atoms with van der Waals surface area (Å²) in [5.41, 5.74) is 3.23. The first-order chi connectivity index (χ1) is 7.66. The molecule has 0 aliphatic carbocycles. The van der Waals surface area contributed by atoms with Crippen molar-refractivity contribution < 1.29 is 0 Å². The summed E-state index contributed by atoms with van der Waals surface area (Å²) in [6.07, 6.45) is 2.53. The number of rotatable bonds is 0. The predicted molar refractivity (Wildman–Crippen MR) is 68.0 cm³/mol. The van der Waals surface area contributed by atoms with Crippen molar-refractivity contribution in [1.82, 2.24) is 5.32 Å². The van der Waals surface area contributed by atoms with Crippen LogP contribution in [-0.4, -0.2) is 24.7 Å². The molecule has 1 atom stereocenters. The first kappa shape index (κ1) is 10.2. The molecule has 1 fully saturated rings. The molecule has 1 saturated heterocycles. The van der Waals surface area contributed by atoms with Gasteiger partial charge < -0.3 is 10.2 Å².